The quantitative estimate of drug-likeness (QED) is 0.150. The summed E-state index contributed by atoms with van der Waals surface area (Å²) >= 11 is 0. The minimum absolute atomic E-state index is 0.125. The van der Waals surface area contributed by atoms with Crippen LogP contribution < -0.4 is 24.8 Å². The second-order valence-electron chi connectivity index (χ2n) is 9.35. The van der Waals surface area contributed by atoms with Crippen LogP contribution in [0.3, 0.4) is 0 Å². The van der Waals surface area contributed by atoms with Gasteiger partial charge in [0.15, 0.2) is 0 Å². The number of methoxy groups -OCH3 is 2. The summed E-state index contributed by atoms with van der Waals surface area (Å²) in [5, 5.41) is 15.7. The highest BCUT2D eigenvalue weighted by atomic mass is 19.4. The predicted molar refractivity (Wildman–Crippen MR) is 153 cm³/mol. The highest BCUT2D eigenvalue weighted by molar-refractivity contribution is 5.61. The fourth-order valence-corrected chi connectivity index (χ4v) is 4.29. The molecule has 4 aromatic rings. The van der Waals surface area contributed by atoms with Gasteiger partial charge in [0.1, 0.15) is 23.0 Å². The summed E-state index contributed by atoms with van der Waals surface area (Å²) in [6.07, 6.45) is -3.13. The molecule has 4 aromatic carbocycles. The standard InChI is InChI=1S/C32H33F3N2O4/c1-39-30-19-28(41-27-13-11-26(12-14-27)37-25-9-5-23(6-10-25)16-18-38)20-31(40-2)29(30)21-36-17-15-22-3-7-24(8-4-22)32(33,34)35/h3-14,19-20,36-38H,15-18,21H2,1-2H3. The second-order valence-corrected chi connectivity index (χ2v) is 9.35. The normalized spacial score (nSPS) is 11.3. The number of alkyl halides is 3. The number of rotatable bonds is 13. The summed E-state index contributed by atoms with van der Waals surface area (Å²) in [6.45, 7) is 1.12. The first-order chi connectivity index (χ1) is 19.8. The molecule has 0 saturated heterocycles. The lowest BCUT2D eigenvalue weighted by Gasteiger charge is -2.17. The molecule has 0 aliphatic heterocycles. The Labute approximate surface area is 237 Å². The Morgan fingerprint density at radius 3 is 1.78 bits per heavy atom. The van der Waals surface area contributed by atoms with Crippen LogP contribution in [0, 0.1) is 0 Å². The van der Waals surface area contributed by atoms with E-state index in [0.29, 0.717) is 48.9 Å². The fraction of sp³-hybridized carbons (Fsp3) is 0.250. The van der Waals surface area contributed by atoms with Crippen LogP contribution >= 0.6 is 0 Å². The minimum Gasteiger partial charge on any atom is -0.496 e. The van der Waals surface area contributed by atoms with E-state index in [0.717, 1.165) is 40.2 Å². The van der Waals surface area contributed by atoms with Gasteiger partial charge in [0.25, 0.3) is 0 Å². The van der Waals surface area contributed by atoms with Gasteiger partial charge < -0.3 is 30.0 Å². The lowest BCUT2D eigenvalue weighted by molar-refractivity contribution is -0.137. The number of hydrogen-bond donors (Lipinski definition) is 3. The van der Waals surface area contributed by atoms with Crippen molar-refractivity contribution in [1.82, 2.24) is 5.32 Å². The van der Waals surface area contributed by atoms with Crippen LogP contribution in [-0.4, -0.2) is 32.5 Å². The van der Waals surface area contributed by atoms with E-state index in [4.69, 9.17) is 19.3 Å². The molecule has 3 N–H and O–H groups in total. The number of hydrogen-bond acceptors (Lipinski definition) is 6. The molecule has 6 nitrogen and oxygen atoms in total. The second kappa shape index (κ2) is 13.9. The summed E-state index contributed by atoms with van der Waals surface area (Å²) in [5.41, 5.74) is 3.88. The zero-order valence-electron chi connectivity index (χ0n) is 22.9. The smallest absolute Gasteiger partial charge is 0.416 e. The van der Waals surface area contributed by atoms with E-state index < -0.39 is 11.7 Å². The highest BCUT2D eigenvalue weighted by Crippen LogP contribution is 2.36. The number of anilines is 2. The van der Waals surface area contributed by atoms with Gasteiger partial charge in [-0.1, -0.05) is 24.3 Å². The van der Waals surface area contributed by atoms with E-state index in [1.165, 1.54) is 12.1 Å². The van der Waals surface area contributed by atoms with Gasteiger partial charge in [-0.25, -0.2) is 0 Å². The number of ether oxygens (including phenoxy) is 3. The number of nitrogens with one attached hydrogen (secondary N) is 2. The Hall–Kier alpha value is -4.21. The average molecular weight is 567 g/mol. The van der Waals surface area contributed by atoms with Crippen molar-refractivity contribution in [2.75, 3.05) is 32.7 Å². The van der Waals surface area contributed by atoms with Crippen molar-refractivity contribution in [3.63, 3.8) is 0 Å². The molecule has 0 atom stereocenters. The van der Waals surface area contributed by atoms with Gasteiger partial charge in [-0.3, -0.25) is 0 Å². The van der Waals surface area contributed by atoms with Crippen molar-refractivity contribution in [1.29, 1.82) is 0 Å². The molecule has 216 valence electrons. The van der Waals surface area contributed by atoms with Gasteiger partial charge in [0.05, 0.1) is 25.3 Å². The Morgan fingerprint density at radius 1 is 0.707 bits per heavy atom. The topological polar surface area (TPSA) is 72.0 Å². The van der Waals surface area contributed by atoms with E-state index in [9.17, 15) is 13.2 Å². The van der Waals surface area contributed by atoms with E-state index >= 15 is 0 Å². The number of benzene rings is 4. The molecule has 0 radical (unpaired) electrons. The van der Waals surface area contributed by atoms with Crippen molar-refractivity contribution in [3.05, 3.63) is 107 Å². The summed E-state index contributed by atoms with van der Waals surface area (Å²) in [6, 6.07) is 24.2. The maximum atomic E-state index is 12.8. The number of aliphatic hydroxyl groups excluding tert-OH is 1. The molecule has 0 bridgehead atoms. The molecule has 0 unspecified atom stereocenters. The van der Waals surface area contributed by atoms with E-state index in [1.807, 2.05) is 48.5 Å². The van der Waals surface area contributed by atoms with Crippen LogP contribution in [0.15, 0.2) is 84.9 Å². The number of aliphatic hydroxyl groups is 1. The molecular weight excluding hydrogens is 533 g/mol. The third-order valence-corrected chi connectivity index (χ3v) is 6.49. The average Bonchev–Trinajstić information content (AvgIpc) is 2.97. The summed E-state index contributed by atoms with van der Waals surface area (Å²) in [4.78, 5) is 0. The van der Waals surface area contributed by atoms with Gasteiger partial charge in [-0.05, 0) is 79.0 Å². The molecule has 0 spiro atoms. The molecule has 0 saturated carbocycles. The van der Waals surface area contributed by atoms with E-state index in [-0.39, 0.29) is 6.61 Å². The zero-order chi connectivity index (χ0) is 29.2. The van der Waals surface area contributed by atoms with Crippen LogP contribution in [0.1, 0.15) is 22.3 Å². The molecule has 0 heterocycles. The van der Waals surface area contributed by atoms with Gasteiger partial charge >= 0.3 is 6.18 Å². The minimum atomic E-state index is -4.34. The van der Waals surface area contributed by atoms with Crippen LogP contribution in [0.5, 0.6) is 23.0 Å². The van der Waals surface area contributed by atoms with Crippen LogP contribution in [0.2, 0.25) is 0 Å². The van der Waals surface area contributed by atoms with Gasteiger partial charge in [-0.2, -0.15) is 13.2 Å². The number of halogens is 3. The van der Waals surface area contributed by atoms with Crippen molar-refractivity contribution >= 4 is 11.4 Å². The van der Waals surface area contributed by atoms with Crippen LogP contribution in [0.25, 0.3) is 0 Å². The maximum absolute atomic E-state index is 12.8. The third-order valence-electron chi connectivity index (χ3n) is 6.49. The first kappa shape index (κ1) is 29.8. The first-order valence-electron chi connectivity index (χ1n) is 13.2. The Bertz CT molecular complexity index is 1370. The fourth-order valence-electron chi connectivity index (χ4n) is 4.29. The third kappa shape index (κ3) is 8.39. The molecule has 0 aliphatic rings. The molecule has 0 amide bonds. The van der Waals surface area contributed by atoms with Crippen LogP contribution in [-0.2, 0) is 25.6 Å². The SMILES string of the molecule is COc1cc(Oc2ccc(Nc3ccc(CCO)cc3)cc2)cc(OC)c1CNCCc1ccc(C(F)(F)F)cc1. The van der Waals surface area contributed by atoms with Crippen molar-refractivity contribution in [2.45, 2.75) is 25.6 Å². The molecule has 0 fully saturated rings. The molecule has 9 heteroatoms. The largest absolute Gasteiger partial charge is 0.496 e. The van der Waals surface area contributed by atoms with Crippen molar-refractivity contribution in [2.24, 2.45) is 0 Å². The summed E-state index contributed by atoms with van der Waals surface area (Å²) in [5.74, 6) is 2.36. The first-order valence-corrected chi connectivity index (χ1v) is 13.2. The molecule has 41 heavy (non-hydrogen) atoms. The Kier molecular flexibility index (Phi) is 10.1. The Morgan fingerprint density at radius 2 is 1.24 bits per heavy atom. The van der Waals surface area contributed by atoms with Crippen molar-refractivity contribution in [3.8, 4) is 23.0 Å². The summed E-state index contributed by atoms with van der Waals surface area (Å²) < 4.78 is 55.6. The predicted octanol–water partition coefficient (Wildman–Crippen LogP) is 7.13. The Balaban J connectivity index is 1.35. The van der Waals surface area contributed by atoms with E-state index in [2.05, 4.69) is 10.6 Å². The zero-order valence-corrected chi connectivity index (χ0v) is 22.9. The van der Waals surface area contributed by atoms with E-state index in [1.54, 1.807) is 26.4 Å². The molecule has 0 aromatic heterocycles. The van der Waals surface area contributed by atoms with Crippen molar-refractivity contribution < 1.29 is 32.5 Å². The molecular formula is C32H33F3N2O4. The lowest BCUT2D eigenvalue weighted by Crippen LogP contribution is -2.18. The van der Waals surface area contributed by atoms with Gasteiger partial charge in [-0.15, -0.1) is 0 Å². The molecule has 0 aliphatic carbocycles. The monoisotopic (exact) mass is 566 g/mol. The summed E-state index contributed by atoms with van der Waals surface area (Å²) in [7, 11) is 3.14. The lowest BCUT2D eigenvalue weighted by atomic mass is 10.1. The highest BCUT2D eigenvalue weighted by Gasteiger charge is 2.29. The molecule has 4 rings (SSSR count). The maximum Gasteiger partial charge on any atom is 0.416 e. The van der Waals surface area contributed by atoms with Crippen LogP contribution in [0.4, 0.5) is 24.5 Å². The van der Waals surface area contributed by atoms with Gasteiger partial charge in [0, 0.05) is 36.7 Å². The van der Waals surface area contributed by atoms with Gasteiger partial charge in [0.2, 0.25) is 0 Å².